The Bertz CT molecular complexity index is 1980. The number of nitrogens with one attached hydrogen (secondary N) is 1. The van der Waals surface area contributed by atoms with Gasteiger partial charge in [0.05, 0.1) is 23.1 Å². The summed E-state index contributed by atoms with van der Waals surface area (Å²) < 4.78 is 1.65. The predicted octanol–water partition coefficient (Wildman–Crippen LogP) is 10.3. The molecule has 0 aromatic carbocycles. The van der Waals surface area contributed by atoms with Crippen LogP contribution in [0.3, 0.4) is 0 Å². The smallest absolute Gasteiger partial charge is 0.179 e. The molecule has 2 heterocycles. The van der Waals surface area contributed by atoms with Gasteiger partial charge in [0, 0.05) is 38.1 Å². The molecule has 10 nitrogen and oxygen atoms in total. The maximum Gasteiger partial charge on any atom is 0.179 e. The summed E-state index contributed by atoms with van der Waals surface area (Å²) in [4.78, 5) is 47.8. The lowest BCUT2D eigenvalue weighted by molar-refractivity contribution is -0.133. The van der Waals surface area contributed by atoms with E-state index in [1.807, 2.05) is 13.8 Å². The van der Waals surface area contributed by atoms with Crippen molar-refractivity contribution in [1.29, 1.82) is 0 Å². The highest BCUT2D eigenvalue weighted by Crippen LogP contribution is 2.66. The van der Waals surface area contributed by atoms with Gasteiger partial charge in [0.25, 0.3) is 0 Å². The number of alkyl halides is 1. The Labute approximate surface area is 384 Å². The monoisotopic (exact) mass is 933 g/mol. The highest BCUT2D eigenvalue weighted by atomic mass is 79.9. The Hall–Kier alpha value is -2.50. The lowest BCUT2D eigenvalue weighted by atomic mass is 9.49. The molecule has 3 N–H and O–H groups in total. The SMILES string of the molecule is CC(=O)c1ccn(CC(=O)[C@H]2CC[C@H]3[C@@H]4CC[C@@H]5C[C@](C)(O)CC[C@@H]5[C@H]4CC[C@]23C)n1.CC(=O)c1ccn[nH]1.C[C@@]1(O)CC[C@H]2[C@H](CC[C@@H]3[C@@H]2CC[C@]2(C)[C@@H](C(=O)CBr)CC[C@@H]32)C1. The summed E-state index contributed by atoms with van der Waals surface area (Å²) in [5.74, 6) is 8.90. The van der Waals surface area contributed by atoms with Crippen LogP contribution in [0.4, 0.5) is 0 Å². The summed E-state index contributed by atoms with van der Waals surface area (Å²) in [5.41, 5.74) is 0.493. The highest BCUT2D eigenvalue weighted by Gasteiger charge is 2.60. The maximum atomic E-state index is 13.3. The Morgan fingerprint density at radius 1 is 0.651 bits per heavy atom. The highest BCUT2D eigenvalue weighted by molar-refractivity contribution is 9.09. The quantitative estimate of drug-likeness (QED) is 0.183. The molecule has 2 aromatic rings. The van der Waals surface area contributed by atoms with Crippen molar-refractivity contribution in [2.75, 3.05) is 5.33 Å². The average molecular weight is 934 g/mol. The Morgan fingerprint density at radius 2 is 1.16 bits per heavy atom. The molecule has 348 valence electrons. The number of aromatic nitrogens is 4. The minimum atomic E-state index is -0.461. The second kappa shape index (κ2) is 18.3. The fourth-order valence-electron chi connectivity index (χ4n) is 16.7. The third kappa shape index (κ3) is 9.29. The number of hydrogen-bond donors (Lipinski definition) is 3. The molecule has 0 aliphatic heterocycles. The van der Waals surface area contributed by atoms with Crippen molar-refractivity contribution in [3.05, 3.63) is 35.9 Å². The van der Waals surface area contributed by atoms with Gasteiger partial charge in [0.15, 0.2) is 17.3 Å². The van der Waals surface area contributed by atoms with Crippen molar-refractivity contribution in [3.8, 4) is 0 Å². The van der Waals surface area contributed by atoms with E-state index in [2.05, 4.69) is 45.1 Å². The first kappa shape index (κ1) is 47.0. The predicted molar refractivity (Wildman–Crippen MR) is 247 cm³/mol. The zero-order valence-electron chi connectivity index (χ0n) is 39.1. The molecule has 0 unspecified atom stereocenters. The molecule has 11 heteroatoms. The van der Waals surface area contributed by atoms with Crippen molar-refractivity contribution in [3.63, 3.8) is 0 Å². The van der Waals surface area contributed by atoms with E-state index in [9.17, 15) is 29.4 Å². The van der Waals surface area contributed by atoms with Crippen LogP contribution in [0.15, 0.2) is 24.5 Å². The third-order valence-corrected chi connectivity index (χ3v) is 20.1. The number of Topliss-reactive ketones (excluding diaryl/α,β-unsaturated/α-hetero) is 4. The van der Waals surface area contributed by atoms with E-state index in [1.54, 1.807) is 29.2 Å². The zero-order valence-corrected chi connectivity index (χ0v) is 40.7. The van der Waals surface area contributed by atoms with Crippen LogP contribution in [0.2, 0.25) is 0 Å². The number of H-pyrrole nitrogens is 1. The number of aromatic amines is 1. The average Bonchev–Trinajstić information content (AvgIpc) is 4.06. The van der Waals surface area contributed by atoms with Crippen LogP contribution in [-0.2, 0) is 16.1 Å². The first-order chi connectivity index (χ1) is 29.8. The van der Waals surface area contributed by atoms with Crippen molar-refractivity contribution in [2.24, 2.45) is 81.8 Å². The molecule has 0 amide bonds. The third-order valence-electron chi connectivity index (χ3n) is 19.6. The first-order valence-electron chi connectivity index (χ1n) is 24.9. The van der Waals surface area contributed by atoms with Gasteiger partial charge in [-0.3, -0.25) is 29.0 Å². The number of carbonyl (C=O) groups is 4. The molecule has 8 saturated carbocycles. The Balaban J connectivity index is 0.000000150. The number of ketones is 4. The van der Waals surface area contributed by atoms with E-state index in [0.29, 0.717) is 46.0 Å². The summed E-state index contributed by atoms with van der Waals surface area (Å²) in [6.45, 7) is 12.2. The summed E-state index contributed by atoms with van der Waals surface area (Å²) in [7, 11) is 0. The molecule has 0 radical (unpaired) electrons. The van der Waals surface area contributed by atoms with Crippen LogP contribution in [0.25, 0.3) is 0 Å². The van der Waals surface area contributed by atoms with Gasteiger partial charge in [-0.05, 0) is 212 Å². The molecule has 0 saturated heterocycles. The van der Waals surface area contributed by atoms with Gasteiger partial charge < -0.3 is 10.2 Å². The van der Waals surface area contributed by atoms with Gasteiger partial charge in [-0.25, -0.2) is 0 Å². The second-order valence-electron chi connectivity index (χ2n) is 23.2. The van der Waals surface area contributed by atoms with Gasteiger partial charge in [-0.2, -0.15) is 10.2 Å². The molecule has 8 fully saturated rings. The largest absolute Gasteiger partial charge is 0.390 e. The van der Waals surface area contributed by atoms with E-state index in [0.717, 1.165) is 92.3 Å². The molecule has 0 spiro atoms. The van der Waals surface area contributed by atoms with E-state index in [4.69, 9.17) is 0 Å². The van der Waals surface area contributed by atoms with Gasteiger partial charge in [-0.15, -0.1) is 0 Å². The van der Waals surface area contributed by atoms with Crippen LogP contribution >= 0.6 is 15.9 Å². The minimum absolute atomic E-state index is 0.0162. The molecule has 2 aromatic heterocycles. The number of rotatable bonds is 7. The van der Waals surface area contributed by atoms with Crippen molar-refractivity contribution >= 4 is 39.1 Å². The van der Waals surface area contributed by atoms with Crippen LogP contribution in [-0.4, -0.2) is 69.9 Å². The van der Waals surface area contributed by atoms with Crippen molar-refractivity contribution in [1.82, 2.24) is 20.0 Å². The fourth-order valence-corrected chi connectivity index (χ4v) is 17.1. The summed E-state index contributed by atoms with van der Waals surface area (Å²) in [5, 5.41) is 32.0. The van der Waals surface area contributed by atoms with Crippen molar-refractivity contribution < 1.29 is 29.4 Å². The zero-order chi connectivity index (χ0) is 45.1. The number of aliphatic hydroxyl groups is 2. The van der Waals surface area contributed by atoms with Crippen LogP contribution < -0.4 is 0 Å². The molecule has 8 aliphatic carbocycles. The standard InChI is InChI=1S/C26H38N2O3.C21H33BrO2.C5H6N2O/c1-16(29)23-10-13-28(27-23)15-24(30)22-7-6-21-20-5-4-17-14-25(2,31)11-8-18(17)19(20)9-12-26(21,22)3;1-20(24)9-7-14-13(11-20)3-4-16-15(14)8-10-21(2)17(16)5-6-18(21)19(23)12-22;1-4(8)5-2-3-6-7-5/h10,13,17-22,31H,4-9,11-12,14-15H2,1-3H3;13-18,24H,3-12H2,1-2H3;2-3H,1H3,(H,6,7)/t17-,18+,19-,20-,21+,22-,25-,26+;13-,14+,15-,16-,17+,18-,20-,21+;/m11./s1. The number of fused-ring (bicyclic) bond motifs is 10. The van der Waals surface area contributed by atoms with E-state index in [1.165, 1.54) is 84.5 Å². The summed E-state index contributed by atoms with van der Waals surface area (Å²) >= 11 is 3.42. The van der Waals surface area contributed by atoms with Crippen LogP contribution in [0.5, 0.6) is 0 Å². The van der Waals surface area contributed by atoms with Crippen molar-refractivity contribution in [2.45, 2.75) is 175 Å². The summed E-state index contributed by atoms with van der Waals surface area (Å²) in [6.07, 6.45) is 24.4. The summed E-state index contributed by atoms with van der Waals surface area (Å²) in [6, 6.07) is 3.35. The maximum absolute atomic E-state index is 13.3. The number of carbonyl (C=O) groups excluding carboxylic acids is 4. The van der Waals surface area contributed by atoms with Gasteiger partial charge >= 0.3 is 0 Å². The topological polar surface area (TPSA) is 155 Å². The first-order valence-corrected chi connectivity index (χ1v) is 26.1. The number of nitrogens with zero attached hydrogens (tertiary/aromatic N) is 3. The molecule has 16 atom stereocenters. The van der Waals surface area contributed by atoms with Gasteiger partial charge in [-0.1, -0.05) is 29.8 Å². The molecular formula is C52H77BrN4O6. The number of hydrogen-bond acceptors (Lipinski definition) is 8. The fraction of sp³-hybridized carbons (Fsp3) is 0.808. The minimum Gasteiger partial charge on any atom is -0.390 e. The normalized spacial score (nSPS) is 43.4. The lowest BCUT2D eigenvalue weighted by Crippen LogP contribution is -2.51. The van der Waals surface area contributed by atoms with Gasteiger partial charge in [0.2, 0.25) is 0 Å². The Morgan fingerprint density at radius 3 is 1.59 bits per heavy atom. The second-order valence-corrected chi connectivity index (χ2v) is 23.8. The van der Waals surface area contributed by atoms with E-state index < -0.39 is 11.2 Å². The molecule has 8 aliphatic rings. The van der Waals surface area contributed by atoms with Crippen LogP contribution in [0, 0.1) is 81.8 Å². The number of halogens is 1. The molecule has 63 heavy (non-hydrogen) atoms. The molecular weight excluding hydrogens is 856 g/mol. The van der Waals surface area contributed by atoms with Gasteiger partial charge in [0.1, 0.15) is 17.2 Å². The molecule has 10 rings (SSSR count). The van der Waals surface area contributed by atoms with E-state index >= 15 is 0 Å². The van der Waals surface area contributed by atoms with Crippen LogP contribution in [0.1, 0.15) is 178 Å². The van der Waals surface area contributed by atoms with E-state index in [-0.39, 0.29) is 34.9 Å². The Kier molecular flexibility index (Phi) is 13.7. The lowest BCUT2D eigenvalue weighted by Gasteiger charge is -2.56. The molecule has 0 bridgehead atoms.